The second-order valence-corrected chi connectivity index (χ2v) is 10.0. The van der Waals surface area contributed by atoms with Crippen LogP contribution in [0.25, 0.3) is 33.6 Å². The lowest BCUT2D eigenvalue weighted by Crippen LogP contribution is -2.40. The van der Waals surface area contributed by atoms with Crippen LogP contribution in [0.5, 0.6) is 0 Å². The Morgan fingerprint density at radius 2 is 1.95 bits per heavy atom. The molecule has 0 unspecified atom stereocenters. The van der Waals surface area contributed by atoms with E-state index in [-0.39, 0.29) is 24.0 Å². The van der Waals surface area contributed by atoms with Crippen LogP contribution in [0.2, 0.25) is 5.15 Å². The monoisotopic (exact) mass is 625 g/mol. The zero-order valence-electron chi connectivity index (χ0n) is 21.9. The van der Waals surface area contributed by atoms with Crippen molar-refractivity contribution < 1.29 is 18.7 Å². The van der Waals surface area contributed by atoms with Crippen molar-refractivity contribution in [3.63, 3.8) is 0 Å². The molecule has 206 valence electrons. The van der Waals surface area contributed by atoms with Gasteiger partial charge in [-0.15, -0.1) is 10.2 Å². The number of amides is 1. The summed E-state index contributed by atoms with van der Waals surface area (Å²) in [5.74, 6) is -0.0148. The molecule has 0 bridgehead atoms. The average molecular weight is 627 g/mol. The number of halogens is 2. The number of carbonyl (C=O) groups is 2. The van der Waals surface area contributed by atoms with E-state index in [1.54, 1.807) is 30.9 Å². The lowest BCUT2D eigenvalue weighted by molar-refractivity contribution is -0.144. The van der Waals surface area contributed by atoms with Crippen LogP contribution >= 0.6 is 27.5 Å². The number of fused-ring (bicyclic) bond motifs is 1. The Balaban J connectivity index is 1.66. The predicted octanol–water partition coefficient (Wildman–Crippen LogP) is 5.14. The van der Waals surface area contributed by atoms with Crippen LogP contribution in [0.1, 0.15) is 42.6 Å². The summed E-state index contributed by atoms with van der Waals surface area (Å²) in [5, 5.41) is 17.3. The molecule has 0 radical (unpaired) electrons. The molecule has 1 aliphatic carbocycles. The second-order valence-electron chi connectivity index (χ2n) is 8.89. The summed E-state index contributed by atoms with van der Waals surface area (Å²) in [6.45, 7) is 5.65. The first kappa shape index (κ1) is 27.5. The maximum absolute atomic E-state index is 13.4. The number of aromatic amines is 1. The van der Waals surface area contributed by atoms with E-state index in [2.05, 4.69) is 46.9 Å². The van der Waals surface area contributed by atoms with Crippen LogP contribution < -0.4 is 5.32 Å². The van der Waals surface area contributed by atoms with Crippen molar-refractivity contribution in [2.75, 3.05) is 6.61 Å². The third-order valence-electron chi connectivity index (χ3n) is 6.49. The Hall–Kier alpha value is -4.03. The topological polar surface area (TPSA) is 141 Å². The number of aryl methyl sites for hydroxylation is 1. The summed E-state index contributed by atoms with van der Waals surface area (Å²) < 4.78 is 13.1. The van der Waals surface area contributed by atoms with Gasteiger partial charge in [-0.05, 0) is 57.7 Å². The standard InChI is InChI=1S/C27H25BrClN7O4/c1-4-20-31-24(29)23(26(37)30-14(3)27(38)40-5-2)36(20)12-18-15-10-11-39-13-19(15)22(28)21(18)16-8-6-7-9-17(16)25-32-34-35-33-25/h6-11,13-14H,4-5,12H2,1-3H3,(H,30,37)(H,32,33,34,35)/t14-/m0/s1. The Morgan fingerprint density at radius 1 is 1.18 bits per heavy atom. The number of hydrogen-bond acceptors (Lipinski definition) is 8. The minimum atomic E-state index is -0.871. The van der Waals surface area contributed by atoms with Crippen molar-refractivity contribution in [2.45, 2.75) is 39.8 Å². The van der Waals surface area contributed by atoms with Gasteiger partial charge in [0.1, 0.15) is 17.6 Å². The van der Waals surface area contributed by atoms with Gasteiger partial charge in [-0.2, -0.15) is 5.21 Å². The smallest absolute Gasteiger partial charge is 0.328 e. The molecule has 3 heterocycles. The van der Waals surface area contributed by atoms with Crippen LogP contribution in [-0.4, -0.2) is 54.7 Å². The van der Waals surface area contributed by atoms with Crippen LogP contribution in [0.15, 0.2) is 51.7 Å². The number of hydrogen-bond donors (Lipinski definition) is 2. The van der Waals surface area contributed by atoms with Gasteiger partial charge in [0.05, 0.1) is 25.7 Å². The van der Waals surface area contributed by atoms with Crippen molar-refractivity contribution in [1.82, 2.24) is 35.5 Å². The molecule has 2 aromatic heterocycles. The fraction of sp³-hybridized carbons (Fsp3) is 0.259. The number of nitrogens with zero attached hydrogens (tertiary/aromatic N) is 5. The number of carbonyl (C=O) groups excluding carboxylic acids is 2. The normalized spacial score (nSPS) is 12.0. The maximum Gasteiger partial charge on any atom is 0.328 e. The summed E-state index contributed by atoms with van der Waals surface area (Å²) in [7, 11) is 0. The number of rotatable bonds is 9. The molecule has 13 heteroatoms. The summed E-state index contributed by atoms with van der Waals surface area (Å²) in [6, 6.07) is 8.73. The van der Waals surface area contributed by atoms with Gasteiger partial charge in [-0.1, -0.05) is 42.8 Å². The fourth-order valence-corrected chi connectivity index (χ4v) is 5.74. The molecule has 1 atom stereocenters. The maximum atomic E-state index is 13.4. The van der Waals surface area contributed by atoms with Gasteiger partial charge in [-0.3, -0.25) is 4.79 Å². The van der Waals surface area contributed by atoms with Crippen molar-refractivity contribution in [1.29, 1.82) is 0 Å². The number of benzene rings is 1. The SMILES string of the molecule is CCOC(=O)[C@H](C)NC(=O)c1c(Cl)nc(CC)n1Cc1c2ccocc-2c(Br)c1-c1ccccc1-c1nn[nH]n1. The predicted molar refractivity (Wildman–Crippen MR) is 151 cm³/mol. The Kier molecular flexibility index (Phi) is 7.99. The van der Waals surface area contributed by atoms with E-state index in [1.807, 2.05) is 37.3 Å². The molecule has 2 N–H and O–H groups in total. The molecule has 0 saturated carbocycles. The van der Waals surface area contributed by atoms with E-state index in [1.165, 1.54) is 0 Å². The molecule has 0 fully saturated rings. The molecule has 2 aliphatic rings. The van der Waals surface area contributed by atoms with Crippen LogP contribution in [-0.2, 0) is 22.5 Å². The zero-order chi connectivity index (χ0) is 28.4. The minimum absolute atomic E-state index is 0.0454. The van der Waals surface area contributed by atoms with E-state index in [9.17, 15) is 9.59 Å². The first-order valence-corrected chi connectivity index (χ1v) is 13.7. The molecule has 0 spiro atoms. The molecular weight excluding hydrogens is 602 g/mol. The lowest BCUT2D eigenvalue weighted by atomic mass is 9.97. The van der Waals surface area contributed by atoms with Crippen molar-refractivity contribution in [2.24, 2.45) is 0 Å². The molecule has 3 aromatic rings. The Bertz CT molecular complexity index is 1650. The number of H-pyrrole nitrogens is 1. The largest absolute Gasteiger partial charge is 0.472 e. The fourth-order valence-electron chi connectivity index (χ4n) is 4.69. The van der Waals surface area contributed by atoms with Gasteiger partial charge in [0.2, 0.25) is 5.82 Å². The van der Waals surface area contributed by atoms with Crippen molar-refractivity contribution in [3.05, 3.63) is 69.6 Å². The van der Waals surface area contributed by atoms with Gasteiger partial charge >= 0.3 is 5.97 Å². The van der Waals surface area contributed by atoms with Crippen LogP contribution in [0.4, 0.5) is 0 Å². The molecule has 1 aliphatic heterocycles. The Morgan fingerprint density at radius 3 is 2.65 bits per heavy atom. The molecular formula is C27H25BrClN7O4. The quantitative estimate of drug-likeness (QED) is 0.215. The van der Waals surface area contributed by atoms with Gasteiger partial charge in [0.15, 0.2) is 5.15 Å². The number of aromatic nitrogens is 6. The van der Waals surface area contributed by atoms with Crippen LogP contribution in [0, 0.1) is 0 Å². The summed E-state index contributed by atoms with van der Waals surface area (Å²) >= 11 is 10.3. The number of imidazole rings is 1. The number of ether oxygens (including phenoxy) is 1. The lowest BCUT2D eigenvalue weighted by Gasteiger charge is -2.17. The van der Waals surface area contributed by atoms with Gasteiger partial charge in [0, 0.05) is 27.6 Å². The number of esters is 1. The summed E-state index contributed by atoms with van der Waals surface area (Å²) in [5.41, 5.74) is 5.30. The van der Waals surface area contributed by atoms with Crippen molar-refractivity contribution in [3.8, 4) is 33.6 Å². The summed E-state index contributed by atoms with van der Waals surface area (Å²) in [4.78, 5) is 30.1. The van der Waals surface area contributed by atoms with Crippen LogP contribution in [0.3, 0.4) is 0 Å². The molecule has 5 rings (SSSR count). The zero-order valence-corrected chi connectivity index (χ0v) is 24.2. The third-order valence-corrected chi connectivity index (χ3v) is 7.58. The highest BCUT2D eigenvalue weighted by Crippen LogP contribution is 2.48. The minimum Gasteiger partial charge on any atom is -0.472 e. The second kappa shape index (κ2) is 11.6. The first-order valence-electron chi connectivity index (χ1n) is 12.6. The van der Waals surface area contributed by atoms with E-state index in [0.717, 1.165) is 37.9 Å². The van der Waals surface area contributed by atoms with E-state index >= 15 is 0 Å². The first-order chi connectivity index (χ1) is 19.3. The van der Waals surface area contributed by atoms with Gasteiger partial charge < -0.3 is 19.0 Å². The molecule has 0 saturated heterocycles. The molecule has 1 amide bonds. The summed E-state index contributed by atoms with van der Waals surface area (Å²) in [6.07, 6.45) is 3.79. The highest BCUT2D eigenvalue weighted by atomic mass is 79.9. The average Bonchev–Trinajstić information content (AvgIpc) is 3.66. The van der Waals surface area contributed by atoms with Gasteiger partial charge in [0.25, 0.3) is 5.91 Å². The molecule has 40 heavy (non-hydrogen) atoms. The number of tetrazole rings is 1. The van der Waals surface area contributed by atoms with Gasteiger partial charge in [-0.25, -0.2) is 9.78 Å². The highest BCUT2D eigenvalue weighted by Gasteiger charge is 2.30. The van der Waals surface area contributed by atoms with E-state index < -0.39 is 17.9 Å². The highest BCUT2D eigenvalue weighted by molar-refractivity contribution is 9.10. The molecule has 1 aromatic carbocycles. The number of nitrogens with one attached hydrogen (secondary N) is 2. The third kappa shape index (κ3) is 5.00. The molecule has 11 nitrogen and oxygen atoms in total. The van der Waals surface area contributed by atoms with Crippen molar-refractivity contribution >= 4 is 39.4 Å². The van der Waals surface area contributed by atoms with E-state index in [0.29, 0.717) is 18.1 Å². The van der Waals surface area contributed by atoms with E-state index in [4.69, 9.17) is 20.8 Å². The Labute approximate surface area is 242 Å².